The Hall–Kier alpha value is -2.49. The fourth-order valence-corrected chi connectivity index (χ4v) is 2.74. The third-order valence-corrected chi connectivity index (χ3v) is 4.54. The van der Waals surface area contributed by atoms with Gasteiger partial charge < -0.3 is 31.5 Å². The second-order valence-corrected chi connectivity index (χ2v) is 7.21. The van der Waals surface area contributed by atoms with Crippen molar-refractivity contribution >= 4 is 17.7 Å². The molecule has 0 bridgehead atoms. The van der Waals surface area contributed by atoms with E-state index in [9.17, 15) is 19.5 Å². The molecule has 1 aromatic carbocycles. The monoisotopic (exact) mass is 422 g/mol. The Kier molecular flexibility index (Phi) is 11.7. The van der Waals surface area contributed by atoms with Crippen LogP contribution in [0.5, 0.6) is 0 Å². The van der Waals surface area contributed by atoms with Crippen LogP contribution < -0.4 is 21.7 Å². The number of methoxy groups -OCH3 is 1. The third kappa shape index (κ3) is 8.89. The Morgan fingerprint density at radius 1 is 1.10 bits per heavy atom. The summed E-state index contributed by atoms with van der Waals surface area (Å²) in [6, 6.07) is 6.72. The van der Waals surface area contributed by atoms with Gasteiger partial charge in [-0.2, -0.15) is 0 Å². The van der Waals surface area contributed by atoms with Crippen molar-refractivity contribution in [2.45, 2.75) is 63.9 Å². The van der Waals surface area contributed by atoms with Crippen LogP contribution in [0.1, 0.15) is 38.7 Å². The number of nitrogens with one attached hydrogen (secondary N) is 3. The molecule has 30 heavy (non-hydrogen) atoms. The Morgan fingerprint density at radius 2 is 1.77 bits per heavy atom. The molecule has 0 spiro atoms. The van der Waals surface area contributed by atoms with E-state index in [1.165, 1.54) is 14.0 Å². The summed E-state index contributed by atoms with van der Waals surface area (Å²) >= 11 is 0. The first-order valence-corrected chi connectivity index (χ1v) is 10.1. The zero-order valence-electron chi connectivity index (χ0n) is 17.9. The van der Waals surface area contributed by atoms with E-state index in [0.29, 0.717) is 12.8 Å². The van der Waals surface area contributed by atoms with Gasteiger partial charge in [0.05, 0.1) is 18.7 Å². The third-order valence-electron chi connectivity index (χ3n) is 4.54. The van der Waals surface area contributed by atoms with Crippen LogP contribution >= 0.6 is 0 Å². The van der Waals surface area contributed by atoms with Crippen molar-refractivity contribution in [3.63, 3.8) is 0 Å². The molecule has 1 aromatic rings. The van der Waals surface area contributed by atoms with Crippen LogP contribution in [0.25, 0.3) is 0 Å². The van der Waals surface area contributed by atoms with E-state index in [1.54, 1.807) is 0 Å². The van der Waals surface area contributed by atoms with Gasteiger partial charge in [-0.3, -0.25) is 14.4 Å². The van der Waals surface area contributed by atoms with E-state index in [4.69, 9.17) is 10.5 Å². The molecule has 0 saturated heterocycles. The first-order valence-electron chi connectivity index (χ1n) is 10.1. The minimum absolute atomic E-state index is 0.0684. The van der Waals surface area contributed by atoms with E-state index in [0.717, 1.165) is 12.0 Å². The number of unbranched alkanes of at least 4 members (excludes halogenated alkanes) is 1. The molecule has 0 heterocycles. The molecule has 0 saturated carbocycles. The number of benzene rings is 1. The molecule has 6 N–H and O–H groups in total. The molecule has 0 aliphatic rings. The predicted molar refractivity (Wildman–Crippen MR) is 113 cm³/mol. The standard InChI is InChI=1S/C21H34N4O5/c1-4-5-11-16(18(26)21(29)23-12-15-9-7-6-8-10-15)24-20(28)17(13-30-3)25-19(27)14(2)22/h6-10,14,16-18,26H,4-5,11-13,22H2,1-3H3,(H,23,29)(H,24,28)(H,25,27)/t14-,16-,17-,18?/m0/s1. The Labute approximate surface area is 177 Å². The van der Waals surface area contributed by atoms with Crippen LogP contribution in [0.3, 0.4) is 0 Å². The maximum atomic E-state index is 12.7. The second-order valence-electron chi connectivity index (χ2n) is 7.21. The Bertz CT molecular complexity index is 669. The molecule has 9 nitrogen and oxygen atoms in total. The van der Waals surface area contributed by atoms with Gasteiger partial charge in [-0.1, -0.05) is 50.1 Å². The summed E-state index contributed by atoms with van der Waals surface area (Å²) in [6.45, 7) is 3.67. The Balaban J connectivity index is 2.78. The fraction of sp³-hybridized carbons (Fsp3) is 0.571. The maximum Gasteiger partial charge on any atom is 0.251 e. The number of ether oxygens (including phenoxy) is 1. The summed E-state index contributed by atoms with van der Waals surface area (Å²) in [5, 5.41) is 18.4. The van der Waals surface area contributed by atoms with Crippen LogP contribution in [0, 0.1) is 0 Å². The molecular weight excluding hydrogens is 388 g/mol. The molecule has 0 aliphatic heterocycles. The average Bonchev–Trinajstić information content (AvgIpc) is 2.74. The first kappa shape index (κ1) is 25.5. The van der Waals surface area contributed by atoms with Crippen molar-refractivity contribution in [3.8, 4) is 0 Å². The Morgan fingerprint density at radius 3 is 2.33 bits per heavy atom. The van der Waals surface area contributed by atoms with Gasteiger partial charge in [0.15, 0.2) is 6.10 Å². The van der Waals surface area contributed by atoms with Crippen molar-refractivity contribution in [2.24, 2.45) is 5.73 Å². The first-order chi connectivity index (χ1) is 14.3. The zero-order valence-corrected chi connectivity index (χ0v) is 17.9. The lowest BCUT2D eigenvalue weighted by Crippen LogP contribution is -2.57. The van der Waals surface area contributed by atoms with Crippen molar-refractivity contribution in [1.29, 1.82) is 0 Å². The number of nitrogens with two attached hydrogens (primary N) is 1. The summed E-state index contributed by atoms with van der Waals surface area (Å²) in [7, 11) is 1.40. The van der Waals surface area contributed by atoms with E-state index in [2.05, 4.69) is 16.0 Å². The molecule has 0 radical (unpaired) electrons. The van der Waals surface area contributed by atoms with Crippen molar-refractivity contribution < 1.29 is 24.2 Å². The molecule has 4 atom stereocenters. The van der Waals surface area contributed by atoms with Gasteiger partial charge in [0.1, 0.15) is 6.04 Å². The summed E-state index contributed by atoms with van der Waals surface area (Å²) in [6.07, 6.45) is 0.503. The van der Waals surface area contributed by atoms with Crippen LogP contribution in [0.4, 0.5) is 0 Å². The number of aliphatic hydroxyl groups excluding tert-OH is 1. The number of carbonyl (C=O) groups is 3. The van der Waals surface area contributed by atoms with Gasteiger partial charge in [0, 0.05) is 13.7 Å². The SMILES string of the molecule is CCCC[C@H](NC(=O)[C@H](COC)NC(=O)[C@H](C)N)C(O)C(=O)NCc1ccccc1. The van der Waals surface area contributed by atoms with E-state index < -0.39 is 42.0 Å². The van der Waals surface area contributed by atoms with Gasteiger partial charge in [0.25, 0.3) is 5.91 Å². The highest BCUT2D eigenvalue weighted by molar-refractivity contribution is 5.90. The number of amides is 3. The van der Waals surface area contributed by atoms with E-state index in [1.807, 2.05) is 37.3 Å². The van der Waals surface area contributed by atoms with Gasteiger partial charge >= 0.3 is 0 Å². The fourth-order valence-electron chi connectivity index (χ4n) is 2.74. The summed E-state index contributed by atoms with van der Waals surface area (Å²) in [5.41, 5.74) is 6.43. The number of aliphatic hydroxyl groups is 1. The summed E-state index contributed by atoms with van der Waals surface area (Å²) < 4.78 is 5.01. The summed E-state index contributed by atoms with van der Waals surface area (Å²) in [5.74, 6) is -1.64. The smallest absolute Gasteiger partial charge is 0.251 e. The van der Waals surface area contributed by atoms with Gasteiger partial charge in [0.2, 0.25) is 11.8 Å². The lowest BCUT2D eigenvalue weighted by atomic mass is 10.0. The minimum Gasteiger partial charge on any atom is -0.382 e. The topological polar surface area (TPSA) is 143 Å². The molecule has 9 heteroatoms. The van der Waals surface area contributed by atoms with Crippen molar-refractivity contribution in [3.05, 3.63) is 35.9 Å². The van der Waals surface area contributed by atoms with Crippen LogP contribution in [0.2, 0.25) is 0 Å². The van der Waals surface area contributed by atoms with Gasteiger partial charge in [-0.15, -0.1) is 0 Å². The number of carbonyl (C=O) groups excluding carboxylic acids is 3. The lowest BCUT2D eigenvalue weighted by molar-refractivity contribution is -0.135. The van der Waals surface area contributed by atoms with Crippen molar-refractivity contribution in [1.82, 2.24) is 16.0 Å². The van der Waals surface area contributed by atoms with Crippen LogP contribution in [-0.4, -0.2) is 60.8 Å². The molecule has 1 unspecified atom stereocenters. The normalized spacial score (nSPS) is 14.8. The minimum atomic E-state index is -1.43. The van der Waals surface area contributed by atoms with Crippen LogP contribution in [-0.2, 0) is 25.7 Å². The van der Waals surface area contributed by atoms with Gasteiger partial charge in [-0.25, -0.2) is 0 Å². The largest absolute Gasteiger partial charge is 0.382 e. The maximum absolute atomic E-state index is 12.7. The summed E-state index contributed by atoms with van der Waals surface area (Å²) in [4.78, 5) is 37.0. The number of hydrogen-bond donors (Lipinski definition) is 5. The molecule has 0 aromatic heterocycles. The second kappa shape index (κ2) is 13.7. The quantitative estimate of drug-likeness (QED) is 0.298. The molecule has 1 rings (SSSR count). The van der Waals surface area contributed by atoms with Crippen molar-refractivity contribution in [2.75, 3.05) is 13.7 Å². The highest BCUT2D eigenvalue weighted by atomic mass is 16.5. The lowest BCUT2D eigenvalue weighted by Gasteiger charge is -2.26. The number of rotatable bonds is 13. The molecule has 0 aliphatic carbocycles. The van der Waals surface area contributed by atoms with Gasteiger partial charge in [-0.05, 0) is 18.9 Å². The van der Waals surface area contributed by atoms with E-state index in [-0.39, 0.29) is 13.2 Å². The van der Waals surface area contributed by atoms with E-state index >= 15 is 0 Å². The average molecular weight is 423 g/mol. The molecule has 0 fully saturated rings. The highest BCUT2D eigenvalue weighted by Crippen LogP contribution is 2.07. The zero-order chi connectivity index (χ0) is 22.5. The predicted octanol–water partition coefficient (Wildman–Crippen LogP) is -0.183. The van der Waals surface area contributed by atoms with Crippen LogP contribution in [0.15, 0.2) is 30.3 Å². The molecular formula is C21H34N4O5. The molecule has 3 amide bonds. The highest BCUT2D eigenvalue weighted by Gasteiger charge is 2.30. The number of hydrogen-bond acceptors (Lipinski definition) is 6. The molecule has 168 valence electrons.